The summed E-state index contributed by atoms with van der Waals surface area (Å²) >= 11 is 0. The van der Waals surface area contributed by atoms with Crippen LogP contribution in [0.3, 0.4) is 0 Å². The van der Waals surface area contributed by atoms with Gasteiger partial charge in [0.2, 0.25) is 0 Å². The zero-order valence-electron chi connectivity index (χ0n) is 15.3. The molecule has 1 saturated heterocycles. The molecular weight excluding hydrogens is 372 g/mol. The Labute approximate surface area is 162 Å². The van der Waals surface area contributed by atoms with E-state index in [1.54, 1.807) is 29.2 Å². The molecule has 0 aromatic heterocycles. The highest BCUT2D eigenvalue weighted by Crippen LogP contribution is 2.28. The van der Waals surface area contributed by atoms with Gasteiger partial charge in [-0.25, -0.2) is 8.42 Å². The fraction of sp³-hybridized carbons (Fsp3) is 0.632. The van der Waals surface area contributed by atoms with Gasteiger partial charge in [0.1, 0.15) is 0 Å². The molecule has 1 aromatic carbocycles. The number of nitrogens with one attached hydrogen (secondary N) is 1. The summed E-state index contributed by atoms with van der Waals surface area (Å²) in [6.45, 7) is 4.30. The van der Waals surface area contributed by atoms with Crippen LogP contribution < -0.4 is 5.32 Å². The molecular formula is C19H29ClN2O3S. The molecule has 0 unspecified atom stereocenters. The fourth-order valence-electron chi connectivity index (χ4n) is 3.41. The third-order valence-electron chi connectivity index (χ3n) is 5.10. The average Bonchev–Trinajstić information content (AvgIpc) is 3.44. The maximum absolute atomic E-state index is 12.9. The van der Waals surface area contributed by atoms with E-state index >= 15 is 0 Å². The molecule has 0 spiro atoms. The van der Waals surface area contributed by atoms with E-state index in [2.05, 4.69) is 5.32 Å². The van der Waals surface area contributed by atoms with Crippen molar-refractivity contribution in [3.8, 4) is 0 Å². The van der Waals surface area contributed by atoms with Crippen LogP contribution in [0.5, 0.6) is 0 Å². The lowest BCUT2D eigenvalue weighted by Crippen LogP contribution is -2.45. The number of carbonyl (C=O) groups excluding carboxylic acids is 1. The predicted molar refractivity (Wildman–Crippen MR) is 106 cm³/mol. The maximum Gasteiger partial charge on any atom is 0.255 e. The molecule has 7 heteroatoms. The van der Waals surface area contributed by atoms with Gasteiger partial charge in [0.15, 0.2) is 9.84 Å². The second-order valence-electron chi connectivity index (χ2n) is 7.23. The number of nitrogens with zero attached hydrogens (tertiary/aromatic N) is 1. The molecule has 0 atom stereocenters. The first-order chi connectivity index (χ1) is 12.0. The largest absolute Gasteiger partial charge is 0.338 e. The number of hydrogen-bond acceptors (Lipinski definition) is 4. The van der Waals surface area contributed by atoms with Gasteiger partial charge < -0.3 is 10.2 Å². The monoisotopic (exact) mass is 400 g/mol. The number of likely N-dealkylation sites (tertiary alicyclic amines) is 1. The second kappa shape index (κ2) is 9.20. The normalized spacial score (nSPS) is 18.4. The summed E-state index contributed by atoms with van der Waals surface area (Å²) in [4.78, 5) is 14.9. The Morgan fingerprint density at radius 3 is 2.42 bits per heavy atom. The van der Waals surface area contributed by atoms with Gasteiger partial charge >= 0.3 is 0 Å². The second-order valence-corrected chi connectivity index (χ2v) is 9.31. The zero-order chi connectivity index (χ0) is 17.9. The molecule has 1 saturated carbocycles. The number of carbonyl (C=O) groups is 1. The number of benzene rings is 1. The van der Waals surface area contributed by atoms with E-state index in [1.165, 1.54) is 12.8 Å². The predicted octanol–water partition coefficient (Wildman–Crippen LogP) is 2.90. The summed E-state index contributed by atoms with van der Waals surface area (Å²) in [6, 6.07) is 7.10. The first-order valence-electron chi connectivity index (χ1n) is 9.35. The molecule has 2 fully saturated rings. The minimum atomic E-state index is -3.41. The van der Waals surface area contributed by atoms with Crippen LogP contribution >= 0.6 is 12.4 Å². The first kappa shape index (κ1) is 21.2. The van der Waals surface area contributed by atoms with Crippen molar-refractivity contribution in [1.29, 1.82) is 0 Å². The van der Waals surface area contributed by atoms with E-state index in [0.717, 1.165) is 25.3 Å². The molecule has 0 bridgehead atoms. The number of piperidine rings is 1. The van der Waals surface area contributed by atoms with Gasteiger partial charge in [-0.15, -0.1) is 12.4 Å². The molecule has 2 aliphatic rings. The summed E-state index contributed by atoms with van der Waals surface area (Å²) in [7, 11) is -3.41. The molecule has 3 rings (SSSR count). The van der Waals surface area contributed by atoms with Crippen LogP contribution in [0.2, 0.25) is 0 Å². The van der Waals surface area contributed by atoms with Crippen LogP contribution in [0, 0.1) is 5.92 Å². The third-order valence-corrected chi connectivity index (χ3v) is 7.07. The lowest BCUT2D eigenvalue weighted by atomic mass is 10.0. The molecule has 1 amide bonds. The summed E-state index contributed by atoms with van der Waals surface area (Å²) in [5, 5.41) is 3.60. The number of amides is 1. The summed E-state index contributed by atoms with van der Waals surface area (Å²) in [5.74, 6) is 0.774. The van der Waals surface area contributed by atoms with Crippen LogP contribution in [-0.4, -0.2) is 50.7 Å². The number of halogens is 1. The van der Waals surface area contributed by atoms with E-state index in [9.17, 15) is 13.2 Å². The number of hydrogen-bond donors (Lipinski definition) is 1. The molecule has 146 valence electrons. The van der Waals surface area contributed by atoms with Gasteiger partial charge in [-0.05, 0) is 56.7 Å². The van der Waals surface area contributed by atoms with Gasteiger partial charge in [-0.3, -0.25) is 4.79 Å². The Kier molecular flexibility index (Phi) is 7.50. The van der Waals surface area contributed by atoms with E-state index in [4.69, 9.17) is 0 Å². The highest BCUT2D eigenvalue weighted by atomic mass is 35.5. The van der Waals surface area contributed by atoms with Crippen molar-refractivity contribution in [2.45, 2.75) is 50.0 Å². The Hall–Kier alpha value is -1.11. The quantitative estimate of drug-likeness (QED) is 0.764. The highest BCUT2D eigenvalue weighted by Gasteiger charge is 2.29. The van der Waals surface area contributed by atoms with Crippen molar-refractivity contribution in [1.82, 2.24) is 10.2 Å². The Balaban J connectivity index is 0.00000243. The summed E-state index contributed by atoms with van der Waals surface area (Å²) in [6.07, 6.45) is 5.09. The Bertz CT molecular complexity index is 711. The van der Waals surface area contributed by atoms with Crippen LogP contribution in [0.4, 0.5) is 0 Å². The molecule has 26 heavy (non-hydrogen) atoms. The van der Waals surface area contributed by atoms with Gasteiger partial charge in [-0.2, -0.15) is 0 Å². The van der Waals surface area contributed by atoms with Crippen molar-refractivity contribution >= 4 is 28.2 Å². The standard InChI is InChI=1S/C19H28N2O3S.ClH/c1-2-13-25(23,24)18-6-4-3-5-17(18)19(22)21-11-9-16(10-12-21)20-14-15-7-8-15;/h3-6,15-16,20H,2,7-14H2,1H3;1H. The van der Waals surface area contributed by atoms with Crippen LogP contribution in [0.15, 0.2) is 29.2 Å². The minimum Gasteiger partial charge on any atom is -0.338 e. The SMILES string of the molecule is CCCS(=O)(=O)c1ccccc1C(=O)N1CCC(NCC2CC2)CC1.Cl. The highest BCUT2D eigenvalue weighted by molar-refractivity contribution is 7.91. The zero-order valence-corrected chi connectivity index (χ0v) is 16.9. The van der Waals surface area contributed by atoms with Crippen molar-refractivity contribution < 1.29 is 13.2 Å². The van der Waals surface area contributed by atoms with Gasteiger partial charge in [0.05, 0.1) is 16.2 Å². The van der Waals surface area contributed by atoms with Crippen LogP contribution in [0.25, 0.3) is 0 Å². The molecule has 1 aliphatic heterocycles. The van der Waals surface area contributed by atoms with E-state index < -0.39 is 9.84 Å². The van der Waals surface area contributed by atoms with E-state index in [-0.39, 0.29) is 29.0 Å². The van der Waals surface area contributed by atoms with Gasteiger partial charge in [0.25, 0.3) is 5.91 Å². The lowest BCUT2D eigenvalue weighted by Gasteiger charge is -2.33. The molecule has 1 heterocycles. The van der Waals surface area contributed by atoms with E-state index in [0.29, 0.717) is 31.1 Å². The average molecular weight is 401 g/mol. The molecule has 0 radical (unpaired) electrons. The van der Waals surface area contributed by atoms with Crippen LogP contribution in [-0.2, 0) is 9.84 Å². The number of sulfone groups is 1. The Morgan fingerprint density at radius 2 is 1.81 bits per heavy atom. The molecule has 1 aromatic rings. The Morgan fingerprint density at radius 1 is 1.15 bits per heavy atom. The maximum atomic E-state index is 12.9. The van der Waals surface area contributed by atoms with Crippen molar-refractivity contribution in [3.05, 3.63) is 29.8 Å². The number of rotatable bonds is 7. The molecule has 5 nitrogen and oxygen atoms in total. The van der Waals surface area contributed by atoms with Crippen LogP contribution in [0.1, 0.15) is 49.4 Å². The van der Waals surface area contributed by atoms with E-state index in [1.807, 2.05) is 6.92 Å². The van der Waals surface area contributed by atoms with Crippen molar-refractivity contribution in [3.63, 3.8) is 0 Å². The lowest BCUT2D eigenvalue weighted by molar-refractivity contribution is 0.0701. The minimum absolute atomic E-state index is 0. The first-order valence-corrected chi connectivity index (χ1v) is 11.0. The summed E-state index contributed by atoms with van der Waals surface area (Å²) < 4.78 is 24.9. The van der Waals surface area contributed by atoms with Crippen molar-refractivity contribution in [2.75, 3.05) is 25.4 Å². The molecule has 1 N–H and O–H groups in total. The third kappa shape index (κ3) is 5.21. The smallest absolute Gasteiger partial charge is 0.255 e. The van der Waals surface area contributed by atoms with Crippen molar-refractivity contribution in [2.24, 2.45) is 5.92 Å². The topological polar surface area (TPSA) is 66.5 Å². The van der Waals surface area contributed by atoms with Gasteiger partial charge in [0, 0.05) is 19.1 Å². The summed E-state index contributed by atoms with van der Waals surface area (Å²) in [5.41, 5.74) is 0.320. The fourth-order valence-corrected chi connectivity index (χ4v) is 4.94. The molecule has 1 aliphatic carbocycles. The van der Waals surface area contributed by atoms with Gasteiger partial charge in [-0.1, -0.05) is 19.1 Å².